The second kappa shape index (κ2) is 5.29. The van der Waals surface area contributed by atoms with Crippen LogP contribution in [0.5, 0.6) is 0 Å². The zero-order valence-electron chi connectivity index (χ0n) is 9.82. The molecule has 2 N–H and O–H groups in total. The fourth-order valence-corrected chi connectivity index (χ4v) is 1.19. The molecule has 1 heterocycles. The molecular weight excluding hydrogens is 246 g/mol. The van der Waals surface area contributed by atoms with E-state index >= 15 is 0 Å². The lowest BCUT2D eigenvalue weighted by Crippen LogP contribution is -2.36. The van der Waals surface area contributed by atoms with Crippen LogP contribution in [0.4, 0.5) is 5.82 Å². The minimum Gasteiger partial charge on any atom is -0.464 e. The van der Waals surface area contributed by atoms with Gasteiger partial charge >= 0.3 is 5.97 Å². The molecule has 6 nitrogen and oxygen atoms in total. The number of carbonyl (C=O) groups is 1. The van der Waals surface area contributed by atoms with Gasteiger partial charge in [0.2, 0.25) is 0 Å². The van der Waals surface area contributed by atoms with E-state index in [0.29, 0.717) is 0 Å². The van der Waals surface area contributed by atoms with Crippen molar-refractivity contribution in [2.75, 3.05) is 19.0 Å². The summed E-state index contributed by atoms with van der Waals surface area (Å²) in [7, 11) is 1.25. The molecule has 0 aliphatic heterocycles. The van der Waals surface area contributed by atoms with Gasteiger partial charge in [-0.05, 0) is 13.8 Å². The molecule has 7 heteroatoms. The van der Waals surface area contributed by atoms with E-state index in [1.54, 1.807) is 13.8 Å². The zero-order chi connectivity index (χ0) is 13.1. The third kappa shape index (κ3) is 3.54. The van der Waals surface area contributed by atoms with Gasteiger partial charge in [-0.15, -0.1) is 0 Å². The van der Waals surface area contributed by atoms with Gasteiger partial charge in [-0.2, -0.15) is 0 Å². The summed E-state index contributed by atoms with van der Waals surface area (Å²) < 4.78 is 4.58. The van der Waals surface area contributed by atoms with Gasteiger partial charge in [-0.3, -0.25) is 0 Å². The predicted octanol–water partition coefficient (Wildman–Crippen LogP) is 1.10. The first kappa shape index (κ1) is 13.7. The number of hydrogen-bond acceptors (Lipinski definition) is 6. The Kier molecular flexibility index (Phi) is 4.25. The quantitative estimate of drug-likeness (QED) is 0.788. The summed E-state index contributed by atoms with van der Waals surface area (Å²) in [6, 6.07) is 0. The van der Waals surface area contributed by atoms with Gasteiger partial charge in [0.15, 0.2) is 11.5 Å². The first-order valence-electron chi connectivity index (χ1n) is 4.89. The maximum atomic E-state index is 11.4. The number of aliphatic hydroxyl groups excluding tert-OH is 1. The SMILES string of the molecule is COC(=O)c1ncc(Cl)nc1NC(C)(C)CO. The smallest absolute Gasteiger partial charge is 0.360 e. The van der Waals surface area contributed by atoms with Gasteiger partial charge in [-0.25, -0.2) is 14.8 Å². The molecule has 0 bridgehead atoms. The lowest BCUT2D eigenvalue weighted by Gasteiger charge is -2.24. The van der Waals surface area contributed by atoms with Crippen molar-refractivity contribution in [3.05, 3.63) is 17.0 Å². The Morgan fingerprint density at radius 3 is 2.82 bits per heavy atom. The van der Waals surface area contributed by atoms with Crippen LogP contribution in [0.25, 0.3) is 0 Å². The number of halogens is 1. The van der Waals surface area contributed by atoms with Crippen LogP contribution in [0.3, 0.4) is 0 Å². The van der Waals surface area contributed by atoms with Crippen LogP contribution < -0.4 is 5.32 Å². The van der Waals surface area contributed by atoms with Crippen LogP contribution in [0, 0.1) is 0 Å². The largest absolute Gasteiger partial charge is 0.464 e. The topological polar surface area (TPSA) is 84.3 Å². The van der Waals surface area contributed by atoms with E-state index in [9.17, 15) is 4.79 Å². The number of hydrogen-bond donors (Lipinski definition) is 2. The molecule has 0 saturated heterocycles. The monoisotopic (exact) mass is 259 g/mol. The van der Waals surface area contributed by atoms with E-state index < -0.39 is 11.5 Å². The normalized spacial score (nSPS) is 11.1. The van der Waals surface area contributed by atoms with Crippen LogP contribution >= 0.6 is 11.6 Å². The molecule has 94 valence electrons. The van der Waals surface area contributed by atoms with Crippen LogP contribution in [-0.4, -0.2) is 40.3 Å². The van der Waals surface area contributed by atoms with Crippen molar-refractivity contribution in [1.29, 1.82) is 0 Å². The maximum absolute atomic E-state index is 11.4. The van der Waals surface area contributed by atoms with Crippen molar-refractivity contribution in [1.82, 2.24) is 9.97 Å². The molecule has 0 aromatic carbocycles. The Bertz CT molecular complexity index is 423. The molecule has 0 radical (unpaired) electrons. The van der Waals surface area contributed by atoms with E-state index in [4.69, 9.17) is 16.7 Å². The number of esters is 1. The molecular formula is C10H14ClN3O3. The molecule has 0 spiro atoms. The Hall–Kier alpha value is -1.40. The van der Waals surface area contributed by atoms with Crippen LogP contribution in [0.1, 0.15) is 24.3 Å². The van der Waals surface area contributed by atoms with Crippen LogP contribution in [-0.2, 0) is 4.74 Å². The zero-order valence-corrected chi connectivity index (χ0v) is 10.6. The number of aliphatic hydroxyl groups is 1. The first-order valence-corrected chi connectivity index (χ1v) is 5.27. The maximum Gasteiger partial charge on any atom is 0.360 e. The van der Waals surface area contributed by atoms with Gasteiger partial charge in [0.25, 0.3) is 0 Å². The summed E-state index contributed by atoms with van der Waals surface area (Å²) in [4.78, 5) is 19.3. The fraction of sp³-hybridized carbons (Fsp3) is 0.500. The van der Waals surface area contributed by atoms with Gasteiger partial charge in [-0.1, -0.05) is 11.6 Å². The highest BCUT2D eigenvalue weighted by Crippen LogP contribution is 2.18. The van der Waals surface area contributed by atoms with Crippen molar-refractivity contribution in [3.8, 4) is 0 Å². The van der Waals surface area contributed by atoms with Gasteiger partial charge in [0.05, 0.1) is 25.5 Å². The van der Waals surface area contributed by atoms with Gasteiger partial charge < -0.3 is 15.2 Å². The Labute approximate surface area is 104 Å². The lowest BCUT2D eigenvalue weighted by molar-refractivity contribution is 0.0594. The second-order valence-electron chi connectivity index (χ2n) is 4.05. The second-order valence-corrected chi connectivity index (χ2v) is 4.44. The molecule has 0 amide bonds. The molecule has 0 aliphatic rings. The summed E-state index contributed by atoms with van der Waals surface area (Å²) in [6.45, 7) is 3.36. The van der Waals surface area contributed by atoms with Crippen LogP contribution in [0.15, 0.2) is 6.20 Å². The van der Waals surface area contributed by atoms with Crippen molar-refractivity contribution in [2.45, 2.75) is 19.4 Å². The van der Waals surface area contributed by atoms with Crippen molar-refractivity contribution < 1.29 is 14.6 Å². The summed E-state index contributed by atoms with van der Waals surface area (Å²) in [5.41, 5.74) is -0.624. The molecule has 0 unspecified atom stereocenters. The predicted molar refractivity (Wildman–Crippen MR) is 63.2 cm³/mol. The Balaban J connectivity index is 3.12. The molecule has 1 aromatic heterocycles. The van der Waals surface area contributed by atoms with Crippen molar-refractivity contribution in [2.24, 2.45) is 0 Å². The van der Waals surface area contributed by atoms with Gasteiger partial charge in [0, 0.05) is 0 Å². The minimum absolute atomic E-state index is 0.0263. The number of carbonyl (C=O) groups excluding carboxylic acids is 1. The summed E-state index contributed by atoms with van der Waals surface area (Å²) in [5, 5.41) is 12.2. The van der Waals surface area contributed by atoms with E-state index in [1.165, 1.54) is 13.3 Å². The first-order chi connectivity index (χ1) is 7.89. The van der Waals surface area contributed by atoms with E-state index in [2.05, 4.69) is 20.0 Å². The van der Waals surface area contributed by atoms with E-state index in [-0.39, 0.29) is 23.3 Å². The Morgan fingerprint density at radius 1 is 1.65 bits per heavy atom. The number of anilines is 1. The molecule has 1 rings (SSSR count). The van der Waals surface area contributed by atoms with Crippen LogP contribution in [0.2, 0.25) is 5.15 Å². The number of aromatic nitrogens is 2. The highest BCUT2D eigenvalue weighted by atomic mass is 35.5. The van der Waals surface area contributed by atoms with E-state index in [0.717, 1.165) is 0 Å². The Morgan fingerprint density at radius 2 is 2.29 bits per heavy atom. The summed E-state index contributed by atoms with van der Waals surface area (Å²) in [5.74, 6) is -0.436. The molecule has 0 aliphatic carbocycles. The summed E-state index contributed by atoms with van der Waals surface area (Å²) >= 11 is 5.71. The van der Waals surface area contributed by atoms with E-state index in [1.807, 2.05) is 0 Å². The fourth-order valence-electron chi connectivity index (χ4n) is 1.06. The molecule has 0 saturated carbocycles. The summed E-state index contributed by atoms with van der Waals surface area (Å²) in [6.07, 6.45) is 1.25. The molecule has 17 heavy (non-hydrogen) atoms. The number of ether oxygens (including phenoxy) is 1. The van der Waals surface area contributed by atoms with Crippen molar-refractivity contribution in [3.63, 3.8) is 0 Å². The number of nitrogens with zero attached hydrogens (tertiary/aromatic N) is 2. The van der Waals surface area contributed by atoms with Gasteiger partial charge in [0.1, 0.15) is 5.15 Å². The third-order valence-corrected chi connectivity index (χ3v) is 2.16. The lowest BCUT2D eigenvalue weighted by atomic mass is 10.1. The van der Waals surface area contributed by atoms with Crippen molar-refractivity contribution >= 4 is 23.4 Å². The third-order valence-electron chi connectivity index (χ3n) is 1.97. The minimum atomic E-state index is -0.651. The molecule has 0 fully saturated rings. The molecule has 1 aromatic rings. The number of methoxy groups -OCH3 is 1. The highest BCUT2D eigenvalue weighted by Gasteiger charge is 2.22. The number of nitrogens with one attached hydrogen (secondary N) is 1. The molecule has 0 atom stereocenters. The number of rotatable bonds is 4. The standard InChI is InChI=1S/C10H14ClN3O3/c1-10(2,5-15)14-8-7(9(16)17-3)12-4-6(11)13-8/h4,15H,5H2,1-3H3,(H,13,14). The average Bonchev–Trinajstić information content (AvgIpc) is 2.28. The highest BCUT2D eigenvalue weighted by molar-refractivity contribution is 6.29. The average molecular weight is 260 g/mol.